The number of hydrogen-bond acceptors (Lipinski definition) is 2. The Morgan fingerprint density at radius 1 is 1.37 bits per heavy atom. The summed E-state index contributed by atoms with van der Waals surface area (Å²) in [6.07, 6.45) is 2.68. The first kappa shape index (κ1) is 13.7. The summed E-state index contributed by atoms with van der Waals surface area (Å²) in [7, 11) is 0. The third-order valence-corrected chi connectivity index (χ3v) is 3.52. The van der Waals surface area contributed by atoms with Gasteiger partial charge in [0.15, 0.2) is 5.11 Å². The van der Waals surface area contributed by atoms with Gasteiger partial charge in [-0.15, -0.1) is 0 Å². The lowest BCUT2D eigenvalue weighted by Gasteiger charge is -2.35. The van der Waals surface area contributed by atoms with Crippen molar-refractivity contribution >= 4 is 28.9 Å². The van der Waals surface area contributed by atoms with Gasteiger partial charge in [0, 0.05) is 12.2 Å². The number of nitrogens with zero attached hydrogens (tertiary/aromatic N) is 1. The molecule has 2 rings (SSSR count). The number of carbonyl (C=O) groups excluding carboxylic acids is 1. The molecule has 19 heavy (non-hydrogen) atoms. The van der Waals surface area contributed by atoms with Crippen molar-refractivity contribution < 1.29 is 9.18 Å². The van der Waals surface area contributed by atoms with Crippen LogP contribution in [0.3, 0.4) is 0 Å². The highest BCUT2D eigenvalue weighted by molar-refractivity contribution is 7.80. The van der Waals surface area contributed by atoms with E-state index in [4.69, 9.17) is 18.0 Å². The maximum Gasteiger partial charge on any atom is 0.240 e. The summed E-state index contributed by atoms with van der Waals surface area (Å²) in [6.45, 7) is 0.709. The molecule has 1 saturated heterocycles. The van der Waals surface area contributed by atoms with E-state index in [0.29, 0.717) is 17.3 Å². The molecular formula is C13H16FN3OS. The molecule has 0 aromatic heterocycles. The van der Waals surface area contributed by atoms with Crippen LogP contribution < -0.4 is 11.1 Å². The smallest absolute Gasteiger partial charge is 0.240 e. The fourth-order valence-electron chi connectivity index (χ4n) is 2.20. The zero-order chi connectivity index (χ0) is 13.8. The number of anilines is 1. The lowest BCUT2D eigenvalue weighted by molar-refractivity contribution is -0.122. The van der Waals surface area contributed by atoms with Crippen LogP contribution in [0.4, 0.5) is 10.1 Å². The van der Waals surface area contributed by atoms with Crippen LogP contribution in [-0.2, 0) is 4.79 Å². The molecule has 0 radical (unpaired) electrons. The van der Waals surface area contributed by atoms with Crippen LogP contribution in [0.2, 0.25) is 0 Å². The van der Waals surface area contributed by atoms with Crippen molar-refractivity contribution in [1.82, 2.24) is 4.90 Å². The predicted octanol–water partition coefficient (Wildman–Crippen LogP) is 1.86. The molecule has 3 N–H and O–H groups in total. The summed E-state index contributed by atoms with van der Waals surface area (Å²) in [5.41, 5.74) is 6.09. The van der Waals surface area contributed by atoms with Gasteiger partial charge in [-0.1, -0.05) is 0 Å². The second-order valence-corrected chi connectivity index (χ2v) is 4.93. The average molecular weight is 281 g/mol. The lowest BCUT2D eigenvalue weighted by atomic mass is 10.0. The van der Waals surface area contributed by atoms with Gasteiger partial charge < -0.3 is 16.0 Å². The maximum absolute atomic E-state index is 12.8. The Balaban J connectivity index is 2.05. The van der Waals surface area contributed by atoms with Gasteiger partial charge in [0.05, 0.1) is 0 Å². The van der Waals surface area contributed by atoms with Crippen LogP contribution in [0.1, 0.15) is 19.3 Å². The first-order valence-electron chi connectivity index (χ1n) is 6.20. The standard InChI is InChI=1S/C13H16FN3OS/c14-9-4-6-10(7-5-9)16-13(19)17-8-2-1-3-11(17)12(15)18/h4-7,11H,1-3,8H2,(H2,15,18)(H,16,19)/t11-/m1/s1. The molecule has 0 unspecified atom stereocenters. The molecule has 1 aromatic rings. The van der Waals surface area contributed by atoms with Crippen LogP contribution in [-0.4, -0.2) is 28.5 Å². The van der Waals surface area contributed by atoms with Crippen LogP contribution >= 0.6 is 12.2 Å². The minimum atomic E-state index is -0.358. The summed E-state index contributed by atoms with van der Waals surface area (Å²) in [5.74, 6) is -0.660. The molecule has 4 nitrogen and oxygen atoms in total. The summed E-state index contributed by atoms with van der Waals surface area (Å²) in [6, 6.07) is 5.56. The minimum absolute atomic E-state index is 0.301. The lowest BCUT2D eigenvalue weighted by Crippen LogP contribution is -2.51. The number of rotatable bonds is 2. The monoisotopic (exact) mass is 281 g/mol. The van der Waals surface area contributed by atoms with Crippen molar-refractivity contribution in [2.45, 2.75) is 25.3 Å². The van der Waals surface area contributed by atoms with E-state index in [1.54, 1.807) is 12.1 Å². The molecule has 102 valence electrons. The molecule has 0 spiro atoms. The molecular weight excluding hydrogens is 265 g/mol. The Morgan fingerprint density at radius 2 is 2.05 bits per heavy atom. The first-order chi connectivity index (χ1) is 9.08. The Labute approximate surface area is 116 Å². The number of likely N-dealkylation sites (tertiary alicyclic amines) is 1. The van der Waals surface area contributed by atoms with Crippen molar-refractivity contribution in [3.05, 3.63) is 30.1 Å². The third-order valence-electron chi connectivity index (χ3n) is 3.19. The maximum atomic E-state index is 12.8. The van der Waals surface area contributed by atoms with Crippen molar-refractivity contribution in [2.75, 3.05) is 11.9 Å². The zero-order valence-electron chi connectivity index (χ0n) is 10.4. The number of benzene rings is 1. The fourth-order valence-corrected chi connectivity index (χ4v) is 2.54. The largest absolute Gasteiger partial charge is 0.368 e. The normalized spacial score (nSPS) is 19.0. The van der Waals surface area contributed by atoms with Gasteiger partial charge >= 0.3 is 0 Å². The van der Waals surface area contributed by atoms with E-state index < -0.39 is 0 Å². The van der Waals surface area contributed by atoms with Gasteiger partial charge in [-0.3, -0.25) is 4.79 Å². The topological polar surface area (TPSA) is 58.4 Å². The predicted molar refractivity (Wildman–Crippen MR) is 76.2 cm³/mol. The molecule has 0 aliphatic carbocycles. The molecule has 6 heteroatoms. The van der Waals surface area contributed by atoms with Crippen LogP contribution in [0.25, 0.3) is 0 Å². The molecule has 0 bridgehead atoms. The number of carbonyl (C=O) groups is 1. The van der Waals surface area contributed by atoms with Crippen LogP contribution in [0, 0.1) is 5.82 Å². The molecule has 0 saturated carbocycles. The quantitative estimate of drug-likeness (QED) is 0.812. The highest BCUT2D eigenvalue weighted by Gasteiger charge is 2.28. The number of halogens is 1. The number of piperidine rings is 1. The van der Waals surface area contributed by atoms with E-state index in [2.05, 4.69) is 5.32 Å². The van der Waals surface area contributed by atoms with E-state index in [1.807, 2.05) is 4.90 Å². The number of nitrogens with one attached hydrogen (secondary N) is 1. The number of nitrogens with two attached hydrogens (primary N) is 1. The average Bonchev–Trinajstić information content (AvgIpc) is 2.41. The van der Waals surface area contributed by atoms with Gasteiger partial charge in [0.2, 0.25) is 5.91 Å². The van der Waals surface area contributed by atoms with Crippen molar-refractivity contribution in [3.8, 4) is 0 Å². The van der Waals surface area contributed by atoms with Crippen LogP contribution in [0.5, 0.6) is 0 Å². The number of thiocarbonyl (C=S) groups is 1. The van der Waals surface area contributed by atoms with Crippen molar-refractivity contribution in [1.29, 1.82) is 0 Å². The Morgan fingerprint density at radius 3 is 2.68 bits per heavy atom. The molecule has 1 heterocycles. The van der Waals surface area contributed by atoms with Gasteiger partial charge in [-0.2, -0.15) is 0 Å². The zero-order valence-corrected chi connectivity index (χ0v) is 11.3. The number of amides is 1. The van der Waals surface area contributed by atoms with E-state index in [1.165, 1.54) is 12.1 Å². The summed E-state index contributed by atoms with van der Waals surface area (Å²) in [5, 5.41) is 3.46. The SMILES string of the molecule is NC(=O)[C@H]1CCCCN1C(=S)Nc1ccc(F)cc1. The Hall–Kier alpha value is -1.69. The first-order valence-corrected chi connectivity index (χ1v) is 6.61. The van der Waals surface area contributed by atoms with Crippen molar-refractivity contribution in [2.24, 2.45) is 5.73 Å². The number of hydrogen-bond donors (Lipinski definition) is 2. The summed E-state index contributed by atoms with van der Waals surface area (Å²) < 4.78 is 12.8. The van der Waals surface area contributed by atoms with E-state index in [9.17, 15) is 9.18 Å². The van der Waals surface area contributed by atoms with Gasteiger partial charge in [0.1, 0.15) is 11.9 Å². The van der Waals surface area contributed by atoms with Gasteiger partial charge in [-0.25, -0.2) is 4.39 Å². The summed E-state index contributed by atoms with van der Waals surface area (Å²) in [4.78, 5) is 13.2. The second-order valence-electron chi connectivity index (χ2n) is 4.54. The summed E-state index contributed by atoms with van der Waals surface area (Å²) >= 11 is 5.30. The Kier molecular flexibility index (Phi) is 4.31. The van der Waals surface area contributed by atoms with E-state index >= 15 is 0 Å². The van der Waals surface area contributed by atoms with Crippen LogP contribution in [0.15, 0.2) is 24.3 Å². The fraction of sp³-hybridized carbons (Fsp3) is 0.385. The molecule has 1 aromatic carbocycles. The molecule has 1 amide bonds. The molecule has 1 aliphatic rings. The van der Waals surface area contributed by atoms with E-state index in [0.717, 1.165) is 19.3 Å². The van der Waals surface area contributed by atoms with E-state index in [-0.39, 0.29) is 17.8 Å². The van der Waals surface area contributed by atoms with Gasteiger partial charge in [0.25, 0.3) is 0 Å². The highest BCUT2D eigenvalue weighted by atomic mass is 32.1. The minimum Gasteiger partial charge on any atom is -0.368 e. The highest BCUT2D eigenvalue weighted by Crippen LogP contribution is 2.18. The third kappa shape index (κ3) is 3.41. The van der Waals surface area contributed by atoms with Crippen molar-refractivity contribution in [3.63, 3.8) is 0 Å². The molecule has 1 fully saturated rings. The molecule has 1 atom stereocenters. The second kappa shape index (κ2) is 5.97. The number of primary amides is 1. The van der Waals surface area contributed by atoms with Gasteiger partial charge in [-0.05, 0) is 55.7 Å². The Bertz CT molecular complexity index is 477. The molecule has 1 aliphatic heterocycles.